The van der Waals surface area contributed by atoms with E-state index in [-0.39, 0.29) is 17.9 Å². The van der Waals surface area contributed by atoms with Crippen LogP contribution in [-0.2, 0) is 9.59 Å². The van der Waals surface area contributed by atoms with Crippen LogP contribution in [0.15, 0.2) is 54.2 Å². The van der Waals surface area contributed by atoms with Crippen LogP contribution < -0.4 is 9.64 Å². The van der Waals surface area contributed by atoms with E-state index in [1.807, 2.05) is 67.4 Å². The Labute approximate surface area is 196 Å². The number of likely N-dealkylation sites (N-methyl/N-ethyl adjacent to an activating group) is 1. The van der Waals surface area contributed by atoms with Crippen LogP contribution in [0.25, 0.3) is 5.57 Å². The Hall–Kier alpha value is -3.12. The molecule has 0 saturated carbocycles. The number of imide groups is 1. The van der Waals surface area contributed by atoms with Crippen molar-refractivity contribution in [3.8, 4) is 5.75 Å². The first kappa shape index (κ1) is 23.1. The normalized spacial score (nSPS) is 17.8. The molecule has 1 fully saturated rings. The highest BCUT2D eigenvalue weighted by Gasteiger charge is 2.43. The first-order valence-corrected chi connectivity index (χ1v) is 11.8. The van der Waals surface area contributed by atoms with E-state index in [9.17, 15) is 9.59 Å². The molecule has 0 aromatic heterocycles. The zero-order valence-corrected chi connectivity index (χ0v) is 20.0. The lowest BCUT2D eigenvalue weighted by molar-refractivity contribution is -0.120. The van der Waals surface area contributed by atoms with Gasteiger partial charge in [0.1, 0.15) is 11.4 Å². The number of para-hydroxylation sites is 1. The summed E-state index contributed by atoms with van der Waals surface area (Å²) in [5, 5.41) is 0. The van der Waals surface area contributed by atoms with Gasteiger partial charge in [-0.2, -0.15) is 0 Å². The first-order valence-electron chi connectivity index (χ1n) is 11.8. The Balaban J connectivity index is 1.75. The summed E-state index contributed by atoms with van der Waals surface area (Å²) < 4.78 is 5.71. The smallest absolute Gasteiger partial charge is 0.282 e. The highest BCUT2D eigenvalue weighted by molar-refractivity contribution is 6.45. The molecule has 0 radical (unpaired) electrons. The molecule has 2 aliphatic rings. The lowest BCUT2D eigenvalue weighted by atomic mass is 10.00. The molecular weight excluding hydrogens is 414 g/mol. The second-order valence-electron chi connectivity index (χ2n) is 8.97. The highest BCUT2D eigenvalue weighted by Crippen LogP contribution is 2.37. The number of anilines is 1. The summed E-state index contributed by atoms with van der Waals surface area (Å²) in [6.45, 7) is 6.58. The molecule has 2 heterocycles. The number of benzene rings is 2. The number of amides is 2. The average Bonchev–Trinajstić information content (AvgIpc) is 3.08. The van der Waals surface area contributed by atoms with E-state index < -0.39 is 0 Å². The molecule has 4 rings (SSSR count). The molecule has 2 aliphatic heterocycles. The number of carbonyl (C=O) groups excluding carboxylic acids is 2. The molecule has 1 saturated heterocycles. The fraction of sp³-hybridized carbons (Fsp3) is 0.407. The van der Waals surface area contributed by atoms with Crippen molar-refractivity contribution in [1.29, 1.82) is 0 Å². The van der Waals surface area contributed by atoms with Crippen LogP contribution in [0.3, 0.4) is 0 Å². The molecule has 2 aromatic carbocycles. The minimum atomic E-state index is -0.272. The Bertz CT molecular complexity index is 1050. The Morgan fingerprint density at radius 2 is 1.67 bits per heavy atom. The van der Waals surface area contributed by atoms with E-state index in [4.69, 9.17) is 4.74 Å². The van der Waals surface area contributed by atoms with E-state index in [1.54, 1.807) is 0 Å². The van der Waals surface area contributed by atoms with Crippen LogP contribution in [-0.4, -0.2) is 61.4 Å². The van der Waals surface area contributed by atoms with Crippen LogP contribution in [0.2, 0.25) is 0 Å². The molecule has 0 bridgehead atoms. The molecule has 2 amide bonds. The number of nitrogens with zero attached hydrogens (tertiary/aromatic N) is 3. The number of ether oxygens (including phenoxy) is 1. The minimum Gasteiger partial charge on any atom is -0.494 e. The molecule has 6 heteroatoms. The molecule has 0 aliphatic carbocycles. The van der Waals surface area contributed by atoms with Gasteiger partial charge in [0.05, 0.1) is 17.9 Å². The third kappa shape index (κ3) is 4.53. The first-order chi connectivity index (χ1) is 15.9. The lowest BCUT2D eigenvalue weighted by Gasteiger charge is -2.36. The Kier molecular flexibility index (Phi) is 6.84. The van der Waals surface area contributed by atoms with Crippen LogP contribution in [0, 0.1) is 6.92 Å². The van der Waals surface area contributed by atoms with Crippen molar-refractivity contribution in [2.45, 2.75) is 39.2 Å². The fourth-order valence-electron chi connectivity index (χ4n) is 4.64. The van der Waals surface area contributed by atoms with E-state index in [0.717, 1.165) is 49.2 Å². The topological polar surface area (TPSA) is 53.1 Å². The summed E-state index contributed by atoms with van der Waals surface area (Å²) >= 11 is 0. The third-order valence-electron chi connectivity index (χ3n) is 6.62. The zero-order valence-electron chi connectivity index (χ0n) is 20.0. The van der Waals surface area contributed by atoms with Gasteiger partial charge >= 0.3 is 0 Å². The van der Waals surface area contributed by atoms with Gasteiger partial charge in [-0.25, -0.2) is 4.90 Å². The summed E-state index contributed by atoms with van der Waals surface area (Å²) in [4.78, 5) is 33.2. The molecule has 0 unspecified atom stereocenters. The van der Waals surface area contributed by atoms with Crippen LogP contribution in [0.1, 0.15) is 37.3 Å². The maximum Gasteiger partial charge on any atom is 0.282 e. The Morgan fingerprint density at radius 1 is 1.00 bits per heavy atom. The van der Waals surface area contributed by atoms with Crippen molar-refractivity contribution in [1.82, 2.24) is 9.80 Å². The van der Waals surface area contributed by atoms with Gasteiger partial charge in [-0.05, 0) is 75.6 Å². The predicted molar refractivity (Wildman–Crippen MR) is 131 cm³/mol. The van der Waals surface area contributed by atoms with E-state index in [0.29, 0.717) is 23.6 Å². The zero-order chi connectivity index (χ0) is 23.5. The quantitative estimate of drug-likeness (QED) is 0.599. The monoisotopic (exact) mass is 447 g/mol. The largest absolute Gasteiger partial charge is 0.494 e. The molecular formula is C27H33N3O3. The van der Waals surface area contributed by atoms with Gasteiger partial charge in [-0.15, -0.1) is 0 Å². The number of hydrogen-bond acceptors (Lipinski definition) is 5. The molecule has 0 spiro atoms. The maximum absolute atomic E-state index is 13.8. The molecule has 2 aromatic rings. The molecule has 174 valence electrons. The Morgan fingerprint density at radius 3 is 2.30 bits per heavy atom. The van der Waals surface area contributed by atoms with Gasteiger partial charge in [0.15, 0.2) is 0 Å². The van der Waals surface area contributed by atoms with Gasteiger partial charge in [0.25, 0.3) is 11.8 Å². The summed E-state index contributed by atoms with van der Waals surface area (Å²) in [7, 11) is 4.07. The van der Waals surface area contributed by atoms with Crippen molar-refractivity contribution in [3.05, 3.63) is 65.4 Å². The summed E-state index contributed by atoms with van der Waals surface area (Å²) in [6.07, 6.45) is 2.84. The van der Waals surface area contributed by atoms with Crippen LogP contribution in [0.4, 0.5) is 5.69 Å². The summed E-state index contributed by atoms with van der Waals surface area (Å²) in [5.41, 5.74) is 3.22. The lowest BCUT2D eigenvalue weighted by Crippen LogP contribution is -2.43. The van der Waals surface area contributed by atoms with Gasteiger partial charge in [-0.1, -0.05) is 37.3 Å². The van der Waals surface area contributed by atoms with Crippen molar-refractivity contribution < 1.29 is 14.3 Å². The molecule has 0 atom stereocenters. The van der Waals surface area contributed by atoms with Crippen molar-refractivity contribution >= 4 is 23.1 Å². The highest BCUT2D eigenvalue weighted by atomic mass is 16.5. The van der Waals surface area contributed by atoms with Crippen LogP contribution in [0.5, 0.6) is 5.75 Å². The van der Waals surface area contributed by atoms with E-state index in [2.05, 4.69) is 18.9 Å². The standard InChI is InChI=1S/C27H33N3O3/c1-5-18-33-22-12-10-20(11-13-22)24-25(29(4)21-14-16-28(3)17-15-21)27(32)30(26(24)31)23-9-7-6-8-19(23)2/h6-13,21H,5,14-18H2,1-4H3. The van der Waals surface area contributed by atoms with Gasteiger partial charge in [0.2, 0.25) is 0 Å². The van der Waals surface area contributed by atoms with Crippen molar-refractivity contribution in [2.75, 3.05) is 38.7 Å². The predicted octanol–water partition coefficient (Wildman–Crippen LogP) is 4.09. The number of hydrogen-bond donors (Lipinski definition) is 0. The minimum absolute atomic E-state index is 0.215. The molecule has 33 heavy (non-hydrogen) atoms. The van der Waals surface area contributed by atoms with E-state index in [1.165, 1.54) is 4.90 Å². The maximum atomic E-state index is 13.8. The summed E-state index contributed by atoms with van der Waals surface area (Å²) in [5.74, 6) is 0.238. The number of likely N-dealkylation sites (tertiary alicyclic amines) is 1. The van der Waals surface area contributed by atoms with Crippen molar-refractivity contribution in [2.24, 2.45) is 0 Å². The van der Waals surface area contributed by atoms with Crippen LogP contribution >= 0.6 is 0 Å². The number of aryl methyl sites for hydroxylation is 1. The van der Waals surface area contributed by atoms with Gasteiger partial charge in [0, 0.05) is 13.1 Å². The molecule has 0 N–H and O–H groups in total. The number of piperidine rings is 1. The molecule has 6 nitrogen and oxygen atoms in total. The summed E-state index contributed by atoms with van der Waals surface area (Å²) in [6, 6.07) is 15.3. The SMILES string of the molecule is CCCOc1ccc(C2=C(N(C)C3CCN(C)CC3)C(=O)N(c3ccccc3C)C2=O)cc1. The third-order valence-corrected chi connectivity index (χ3v) is 6.62. The van der Waals surface area contributed by atoms with Gasteiger partial charge in [-0.3, -0.25) is 9.59 Å². The average molecular weight is 448 g/mol. The van der Waals surface area contributed by atoms with Gasteiger partial charge < -0.3 is 14.5 Å². The second-order valence-corrected chi connectivity index (χ2v) is 8.97. The number of rotatable bonds is 7. The second kappa shape index (κ2) is 9.79. The van der Waals surface area contributed by atoms with Crippen molar-refractivity contribution in [3.63, 3.8) is 0 Å². The number of carbonyl (C=O) groups is 2. The fourth-order valence-corrected chi connectivity index (χ4v) is 4.64. The van der Waals surface area contributed by atoms with E-state index >= 15 is 0 Å².